The second-order valence-corrected chi connectivity index (χ2v) is 10.0. The Balaban J connectivity index is 1.29. The molecule has 5 nitrogen and oxygen atoms in total. The van der Waals surface area contributed by atoms with Gasteiger partial charge in [0.15, 0.2) is 0 Å². The number of hydrogen-bond acceptors (Lipinski definition) is 5. The number of benzene rings is 2. The third kappa shape index (κ3) is 6.91. The number of esters is 1. The molecule has 5 heteroatoms. The molecular weight excluding hydrogens is 460 g/mol. The average molecular weight is 501 g/mol. The van der Waals surface area contributed by atoms with Crippen LogP contribution in [0.25, 0.3) is 11.3 Å². The number of pyridine rings is 1. The molecule has 1 aliphatic carbocycles. The van der Waals surface area contributed by atoms with Crippen LogP contribution < -0.4 is 9.64 Å². The molecule has 4 rings (SSSR count). The van der Waals surface area contributed by atoms with E-state index in [-0.39, 0.29) is 11.9 Å². The summed E-state index contributed by atoms with van der Waals surface area (Å²) in [6.07, 6.45) is 5.62. The van der Waals surface area contributed by atoms with E-state index in [9.17, 15) is 4.79 Å². The minimum atomic E-state index is -0.107. The summed E-state index contributed by atoms with van der Waals surface area (Å²) < 4.78 is 11.2. The van der Waals surface area contributed by atoms with Crippen LogP contribution in [-0.2, 0) is 22.4 Å². The first kappa shape index (κ1) is 26.7. The molecule has 0 spiro atoms. The van der Waals surface area contributed by atoms with Crippen LogP contribution in [-0.4, -0.2) is 37.8 Å². The van der Waals surface area contributed by atoms with E-state index < -0.39 is 0 Å². The van der Waals surface area contributed by atoms with Crippen molar-refractivity contribution in [2.45, 2.75) is 65.2 Å². The Bertz CT molecular complexity index is 1190. The van der Waals surface area contributed by atoms with Gasteiger partial charge in [-0.05, 0) is 85.9 Å². The second-order valence-electron chi connectivity index (χ2n) is 10.0. The first-order valence-electron chi connectivity index (χ1n) is 13.7. The lowest BCUT2D eigenvalue weighted by molar-refractivity contribution is -0.143. The van der Waals surface area contributed by atoms with E-state index in [0.29, 0.717) is 19.6 Å². The maximum Gasteiger partial charge on any atom is 0.306 e. The number of fused-ring (bicyclic) bond motifs is 1. The lowest BCUT2D eigenvalue weighted by atomic mass is 9.98. The number of ether oxygens (including phenoxy) is 2. The fourth-order valence-corrected chi connectivity index (χ4v) is 5.20. The van der Waals surface area contributed by atoms with Crippen molar-refractivity contribution >= 4 is 11.8 Å². The fraction of sp³-hybridized carbons (Fsp3) is 0.438. The predicted octanol–water partition coefficient (Wildman–Crippen LogP) is 6.90. The molecule has 3 aromatic rings. The maximum absolute atomic E-state index is 11.9. The zero-order valence-corrected chi connectivity index (χ0v) is 22.8. The topological polar surface area (TPSA) is 51.7 Å². The molecule has 1 aliphatic rings. The minimum absolute atomic E-state index is 0.107. The third-order valence-corrected chi connectivity index (χ3v) is 7.16. The summed E-state index contributed by atoms with van der Waals surface area (Å²) >= 11 is 0. The Morgan fingerprint density at radius 3 is 2.65 bits per heavy atom. The van der Waals surface area contributed by atoms with E-state index in [2.05, 4.69) is 74.3 Å². The molecule has 1 atom stereocenters. The molecule has 0 aliphatic heterocycles. The lowest BCUT2D eigenvalue weighted by Gasteiger charge is -2.21. The number of aromatic nitrogens is 1. The highest BCUT2D eigenvalue weighted by atomic mass is 16.5. The van der Waals surface area contributed by atoms with Gasteiger partial charge in [0.25, 0.3) is 0 Å². The molecular formula is C32H40N2O3. The maximum atomic E-state index is 11.9. The number of carbonyl (C=O) groups is 1. The summed E-state index contributed by atoms with van der Waals surface area (Å²) in [5.41, 5.74) is 7.26. The predicted molar refractivity (Wildman–Crippen MR) is 151 cm³/mol. The van der Waals surface area contributed by atoms with Gasteiger partial charge in [-0.2, -0.15) is 0 Å². The van der Waals surface area contributed by atoms with Crippen LogP contribution in [0, 0.1) is 6.92 Å². The van der Waals surface area contributed by atoms with Crippen LogP contribution in [0.15, 0.2) is 54.6 Å². The molecule has 0 N–H and O–H groups in total. The molecule has 0 unspecified atom stereocenters. The summed E-state index contributed by atoms with van der Waals surface area (Å²) in [5, 5.41) is 0. The Morgan fingerprint density at radius 1 is 1.08 bits per heavy atom. The van der Waals surface area contributed by atoms with Crippen LogP contribution in [0.3, 0.4) is 0 Å². The van der Waals surface area contributed by atoms with Gasteiger partial charge in [0.1, 0.15) is 11.6 Å². The summed E-state index contributed by atoms with van der Waals surface area (Å²) in [6.45, 7) is 8.12. The number of carbonyl (C=O) groups excluding carboxylic acids is 1. The minimum Gasteiger partial charge on any atom is -0.494 e. The normalized spacial score (nSPS) is 14.3. The highest BCUT2D eigenvalue weighted by Crippen LogP contribution is 2.37. The Morgan fingerprint density at radius 2 is 1.89 bits per heavy atom. The van der Waals surface area contributed by atoms with Crippen molar-refractivity contribution in [3.05, 3.63) is 76.9 Å². The van der Waals surface area contributed by atoms with Crippen molar-refractivity contribution in [2.24, 2.45) is 0 Å². The van der Waals surface area contributed by atoms with Crippen molar-refractivity contribution in [3.8, 4) is 17.0 Å². The van der Waals surface area contributed by atoms with Gasteiger partial charge in [0.05, 0.1) is 25.3 Å². The third-order valence-electron chi connectivity index (χ3n) is 7.16. The Labute approximate surface area is 221 Å². The quantitative estimate of drug-likeness (QED) is 0.200. The highest BCUT2D eigenvalue weighted by molar-refractivity contribution is 5.71. The molecule has 0 amide bonds. The van der Waals surface area contributed by atoms with Crippen molar-refractivity contribution in [1.82, 2.24) is 4.98 Å². The molecule has 2 aromatic carbocycles. The van der Waals surface area contributed by atoms with Crippen LogP contribution in [0.1, 0.15) is 67.7 Å². The number of nitrogens with zero attached hydrogens (tertiary/aromatic N) is 2. The molecule has 0 saturated heterocycles. The lowest BCUT2D eigenvalue weighted by Crippen LogP contribution is -2.22. The van der Waals surface area contributed by atoms with E-state index in [0.717, 1.165) is 61.5 Å². The van der Waals surface area contributed by atoms with Crippen molar-refractivity contribution in [2.75, 3.05) is 31.7 Å². The SMILES string of the molecule is CCCc1ccc(-c2ccc(C)c(N(C)CCCOc3ccc4c(c3)CC[C@H]4CC(=O)OCC)n2)cc1. The largest absolute Gasteiger partial charge is 0.494 e. The zero-order chi connectivity index (χ0) is 26.2. The highest BCUT2D eigenvalue weighted by Gasteiger charge is 2.25. The first-order valence-corrected chi connectivity index (χ1v) is 13.7. The smallest absolute Gasteiger partial charge is 0.306 e. The molecule has 37 heavy (non-hydrogen) atoms. The van der Waals surface area contributed by atoms with Gasteiger partial charge in [0.2, 0.25) is 0 Å². The van der Waals surface area contributed by atoms with Crippen LogP contribution >= 0.6 is 0 Å². The summed E-state index contributed by atoms with van der Waals surface area (Å²) in [4.78, 5) is 19.1. The van der Waals surface area contributed by atoms with Gasteiger partial charge >= 0.3 is 5.97 Å². The van der Waals surface area contributed by atoms with E-state index in [4.69, 9.17) is 14.5 Å². The van der Waals surface area contributed by atoms with Gasteiger partial charge in [-0.3, -0.25) is 4.79 Å². The van der Waals surface area contributed by atoms with E-state index in [1.807, 2.05) is 13.0 Å². The van der Waals surface area contributed by atoms with E-state index in [1.165, 1.54) is 22.3 Å². The van der Waals surface area contributed by atoms with Crippen LogP contribution in [0.4, 0.5) is 5.82 Å². The molecule has 196 valence electrons. The van der Waals surface area contributed by atoms with Gasteiger partial charge in [-0.25, -0.2) is 4.98 Å². The zero-order valence-electron chi connectivity index (χ0n) is 22.8. The molecule has 1 heterocycles. The fourth-order valence-electron chi connectivity index (χ4n) is 5.20. The van der Waals surface area contributed by atoms with Gasteiger partial charge < -0.3 is 14.4 Å². The Hall–Kier alpha value is -3.34. The number of aryl methyl sites for hydroxylation is 3. The standard InChI is InChI=1S/C32H40N2O3/c1-5-8-24-10-12-25(13-11-24)30-18-9-23(3)32(33-30)34(4)19-7-20-37-28-16-17-29-26(21-28)14-15-27(29)22-31(35)36-6-2/h9-13,16-18,21,27H,5-8,14-15,19-20,22H2,1-4H3/t27-/m0/s1. The second kappa shape index (κ2) is 12.8. The molecule has 0 bridgehead atoms. The van der Waals surface area contributed by atoms with Crippen molar-refractivity contribution in [1.29, 1.82) is 0 Å². The molecule has 1 aromatic heterocycles. The van der Waals surface area contributed by atoms with Gasteiger partial charge in [-0.1, -0.05) is 49.7 Å². The van der Waals surface area contributed by atoms with Crippen molar-refractivity contribution in [3.63, 3.8) is 0 Å². The number of anilines is 1. The van der Waals surface area contributed by atoms with Crippen LogP contribution in [0.2, 0.25) is 0 Å². The average Bonchev–Trinajstić information content (AvgIpc) is 3.29. The molecule has 0 radical (unpaired) electrons. The molecule has 0 fully saturated rings. The van der Waals surface area contributed by atoms with Gasteiger partial charge in [0, 0.05) is 19.2 Å². The first-order chi connectivity index (χ1) is 18.0. The summed E-state index contributed by atoms with van der Waals surface area (Å²) in [7, 11) is 2.10. The Kier molecular flexibility index (Phi) is 9.21. The van der Waals surface area contributed by atoms with Gasteiger partial charge in [-0.15, -0.1) is 0 Å². The number of hydrogen-bond donors (Lipinski definition) is 0. The summed E-state index contributed by atoms with van der Waals surface area (Å²) in [6, 6.07) is 19.3. The molecule has 0 saturated carbocycles. The van der Waals surface area contributed by atoms with E-state index >= 15 is 0 Å². The van der Waals surface area contributed by atoms with Crippen LogP contribution in [0.5, 0.6) is 5.75 Å². The van der Waals surface area contributed by atoms with E-state index in [1.54, 1.807) is 0 Å². The monoisotopic (exact) mass is 500 g/mol. The van der Waals surface area contributed by atoms with Crippen molar-refractivity contribution < 1.29 is 14.3 Å². The summed E-state index contributed by atoms with van der Waals surface area (Å²) in [5.74, 6) is 2.07. The number of rotatable bonds is 12.